The van der Waals surface area contributed by atoms with Crippen molar-refractivity contribution >= 4 is 22.8 Å². The number of amides is 1. The Labute approximate surface area is 181 Å². The second-order valence-corrected chi connectivity index (χ2v) is 8.67. The van der Waals surface area contributed by atoms with E-state index in [0.717, 1.165) is 35.6 Å². The maximum absolute atomic E-state index is 13.0. The van der Waals surface area contributed by atoms with Crippen LogP contribution in [0.3, 0.4) is 0 Å². The number of benzene rings is 1. The van der Waals surface area contributed by atoms with E-state index in [2.05, 4.69) is 34.2 Å². The molecule has 0 aliphatic carbocycles. The van der Waals surface area contributed by atoms with E-state index >= 15 is 0 Å². The number of aromatic nitrogens is 3. The SMILES string of the molecule is Cc1noc2nc(CCC(=O)NCc3ccc(F)cc3)nc(N3C[C@H](C)C[C@H](C)C3)c12. The topological polar surface area (TPSA) is 84.1 Å². The summed E-state index contributed by atoms with van der Waals surface area (Å²) >= 11 is 0. The maximum atomic E-state index is 13.0. The van der Waals surface area contributed by atoms with Crippen molar-refractivity contribution in [3.63, 3.8) is 0 Å². The molecule has 3 aromatic rings. The lowest BCUT2D eigenvalue weighted by Gasteiger charge is -2.36. The van der Waals surface area contributed by atoms with E-state index in [1.54, 1.807) is 12.1 Å². The van der Waals surface area contributed by atoms with E-state index < -0.39 is 0 Å². The van der Waals surface area contributed by atoms with Gasteiger partial charge in [-0.2, -0.15) is 4.98 Å². The van der Waals surface area contributed by atoms with Crippen molar-refractivity contribution in [1.29, 1.82) is 0 Å². The number of aryl methyl sites for hydroxylation is 2. The van der Waals surface area contributed by atoms with Crippen LogP contribution in [0.2, 0.25) is 0 Å². The Balaban J connectivity index is 1.46. The standard InChI is InChI=1S/C23H28FN5O2/c1-14-10-15(2)13-29(12-14)22-21-16(3)28-31-23(21)27-19(26-22)8-9-20(30)25-11-17-4-6-18(24)7-5-17/h4-7,14-15H,8-13H2,1-3H3,(H,25,30)/t14-,15+. The van der Waals surface area contributed by atoms with Gasteiger partial charge in [0.1, 0.15) is 22.8 Å². The molecule has 0 unspecified atom stereocenters. The molecule has 164 valence electrons. The highest BCUT2D eigenvalue weighted by Crippen LogP contribution is 2.31. The van der Waals surface area contributed by atoms with Crippen LogP contribution in [0.15, 0.2) is 28.8 Å². The molecule has 1 aliphatic rings. The Bertz CT molecular complexity index is 1060. The van der Waals surface area contributed by atoms with Gasteiger partial charge in [-0.15, -0.1) is 0 Å². The monoisotopic (exact) mass is 425 g/mol. The lowest BCUT2D eigenvalue weighted by atomic mass is 9.92. The largest absolute Gasteiger partial charge is 0.355 e. The first-order valence-corrected chi connectivity index (χ1v) is 10.8. The molecule has 3 heterocycles. The van der Waals surface area contributed by atoms with E-state index in [4.69, 9.17) is 9.51 Å². The van der Waals surface area contributed by atoms with Crippen LogP contribution in [0.4, 0.5) is 10.2 Å². The van der Waals surface area contributed by atoms with E-state index in [1.807, 2.05) is 6.92 Å². The van der Waals surface area contributed by atoms with Gasteiger partial charge in [-0.05, 0) is 42.9 Å². The number of halogens is 1. The molecular weight excluding hydrogens is 397 g/mol. The van der Waals surface area contributed by atoms with Crippen molar-refractivity contribution < 1.29 is 13.7 Å². The van der Waals surface area contributed by atoms with Gasteiger partial charge in [0.05, 0.1) is 5.69 Å². The number of piperidine rings is 1. The normalized spacial score (nSPS) is 19.0. The Morgan fingerprint density at radius 2 is 1.90 bits per heavy atom. The zero-order valence-electron chi connectivity index (χ0n) is 18.2. The zero-order chi connectivity index (χ0) is 22.0. The highest BCUT2D eigenvalue weighted by Gasteiger charge is 2.27. The molecule has 0 saturated carbocycles. The van der Waals surface area contributed by atoms with Crippen LogP contribution in [0, 0.1) is 24.6 Å². The first-order chi connectivity index (χ1) is 14.9. The molecule has 31 heavy (non-hydrogen) atoms. The van der Waals surface area contributed by atoms with Gasteiger partial charge in [0.15, 0.2) is 0 Å². The fourth-order valence-electron chi connectivity index (χ4n) is 4.30. The third kappa shape index (κ3) is 5.00. The minimum Gasteiger partial charge on any atom is -0.355 e. The van der Waals surface area contributed by atoms with Gasteiger partial charge in [-0.1, -0.05) is 31.1 Å². The molecule has 8 heteroatoms. The van der Waals surface area contributed by atoms with Gasteiger partial charge in [-0.3, -0.25) is 4.79 Å². The fourth-order valence-corrected chi connectivity index (χ4v) is 4.30. The quantitative estimate of drug-likeness (QED) is 0.647. The predicted octanol–water partition coefficient (Wildman–Crippen LogP) is 3.80. The van der Waals surface area contributed by atoms with Crippen LogP contribution in [-0.4, -0.2) is 34.1 Å². The molecule has 1 amide bonds. The third-order valence-corrected chi connectivity index (χ3v) is 5.68. The molecule has 1 fully saturated rings. The van der Waals surface area contributed by atoms with Crippen LogP contribution in [0.5, 0.6) is 0 Å². The van der Waals surface area contributed by atoms with Crippen LogP contribution in [0.1, 0.15) is 43.8 Å². The molecule has 2 aromatic heterocycles. The summed E-state index contributed by atoms with van der Waals surface area (Å²) in [7, 11) is 0. The minimum atomic E-state index is -0.293. The molecule has 1 N–H and O–H groups in total. The number of hydrogen-bond acceptors (Lipinski definition) is 6. The summed E-state index contributed by atoms with van der Waals surface area (Å²) in [5.41, 5.74) is 2.09. The molecule has 4 rings (SSSR count). The number of nitrogens with zero attached hydrogens (tertiary/aromatic N) is 4. The Morgan fingerprint density at radius 3 is 2.61 bits per heavy atom. The summed E-state index contributed by atoms with van der Waals surface area (Å²) in [4.78, 5) is 23.9. The van der Waals surface area contributed by atoms with E-state index in [1.165, 1.54) is 18.6 Å². The first-order valence-electron chi connectivity index (χ1n) is 10.8. The number of fused-ring (bicyclic) bond motifs is 1. The molecule has 2 atom stereocenters. The smallest absolute Gasteiger partial charge is 0.263 e. The lowest BCUT2D eigenvalue weighted by molar-refractivity contribution is -0.121. The van der Waals surface area contributed by atoms with Crippen LogP contribution < -0.4 is 10.2 Å². The van der Waals surface area contributed by atoms with E-state index in [9.17, 15) is 9.18 Å². The average Bonchev–Trinajstić information content (AvgIpc) is 3.11. The molecule has 7 nitrogen and oxygen atoms in total. The van der Waals surface area contributed by atoms with Gasteiger partial charge in [0, 0.05) is 32.5 Å². The summed E-state index contributed by atoms with van der Waals surface area (Å²) in [5.74, 6) is 2.18. The van der Waals surface area contributed by atoms with Crippen molar-refractivity contribution in [2.45, 2.75) is 46.6 Å². The number of carbonyl (C=O) groups is 1. The minimum absolute atomic E-state index is 0.108. The molecular formula is C23H28FN5O2. The summed E-state index contributed by atoms with van der Waals surface area (Å²) in [6, 6.07) is 6.08. The predicted molar refractivity (Wildman–Crippen MR) is 116 cm³/mol. The highest BCUT2D eigenvalue weighted by atomic mass is 19.1. The summed E-state index contributed by atoms with van der Waals surface area (Å²) in [6.45, 7) is 8.63. The Morgan fingerprint density at radius 1 is 1.19 bits per heavy atom. The second-order valence-electron chi connectivity index (χ2n) is 8.67. The van der Waals surface area contributed by atoms with Gasteiger partial charge < -0.3 is 14.7 Å². The highest BCUT2D eigenvalue weighted by molar-refractivity contribution is 5.88. The number of rotatable bonds is 6. The first kappa shape index (κ1) is 21.2. The molecule has 0 spiro atoms. The van der Waals surface area contributed by atoms with Crippen LogP contribution >= 0.6 is 0 Å². The molecule has 0 radical (unpaired) electrons. The average molecular weight is 426 g/mol. The van der Waals surface area contributed by atoms with Crippen molar-refractivity contribution in [1.82, 2.24) is 20.4 Å². The lowest BCUT2D eigenvalue weighted by Crippen LogP contribution is -2.39. The van der Waals surface area contributed by atoms with Crippen molar-refractivity contribution in [2.24, 2.45) is 11.8 Å². The summed E-state index contributed by atoms with van der Waals surface area (Å²) in [5, 5.41) is 7.79. The van der Waals surface area contributed by atoms with Gasteiger partial charge in [0.25, 0.3) is 5.71 Å². The summed E-state index contributed by atoms with van der Waals surface area (Å²) < 4.78 is 18.4. The van der Waals surface area contributed by atoms with Crippen LogP contribution in [-0.2, 0) is 17.8 Å². The fraction of sp³-hybridized carbons (Fsp3) is 0.478. The number of anilines is 1. The maximum Gasteiger partial charge on any atom is 0.263 e. The molecule has 1 saturated heterocycles. The molecule has 1 aromatic carbocycles. The van der Waals surface area contributed by atoms with Crippen LogP contribution in [0.25, 0.3) is 11.1 Å². The molecule has 0 bridgehead atoms. The third-order valence-electron chi connectivity index (χ3n) is 5.68. The van der Waals surface area contributed by atoms with E-state index in [-0.39, 0.29) is 18.1 Å². The van der Waals surface area contributed by atoms with Gasteiger partial charge >= 0.3 is 0 Å². The van der Waals surface area contributed by atoms with Gasteiger partial charge in [-0.25, -0.2) is 9.37 Å². The van der Waals surface area contributed by atoms with Crippen molar-refractivity contribution in [2.75, 3.05) is 18.0 Å². The Hall–Kier alpha value is -3.03. The zero-order valence-corrected chi connectivity index (χ0v) is 18.2. The number of nitrogens with one attached hydrogen (secondary N) is 1. The van der Waals surface area contributed by atoms with Gasteiger partial charge in [0.2, 0.25) is 5.91 Å². The summed E-state index contributed by atoms with van der Waals surface area (Å²) in [6.07, 6.45) is 1.86. The molecule has 1 aliphatic heterocycles. The van der Waals surface area contributed by atoms with Crippen molar-refractivity contribution in [3.05, 3.63) is 47.2 Å². The number of carbonyl (C=O) groups excluding carboxylic acids is 1. The van der Waals surface area contributed by atoms with E-state index in [0.29, 0.717) is 36.3 Å². The number of hydrogen-bond donors (Lipinski definition) is 1. The second kappa shape index (κ2) is 8.99. The Kier molecular flexibility index (Phi) is 6.15. The van der Waals surface area contributed by atoms with Crippen molar-refractivity contribution in [3.8, 4) is 0 Å².